The number of rotatable bonds is 5. The summed E-state index contributed by atoms with van der Waals surface area (Å²) in [6.07, 6.45) is 6.69. The highest BCUT2D eigenvalue weighted by Gasteiger charge is 2.25. The molecule has 0 aromatic heterocycles. The van der Waals surface area contributed by atoms with Crippen molar-refractivity contribution < 1.29 is 19.1 Å². The third-order valence-electron chi connectivity index (χ3n) is 4.38. The van der Waals surface area contributed by atoms with Crippen molar-refractivity contribution in [3.63, 3.8) is 0 Å². The maximum Gasteiger partial charge on any atom is 0.306 e. The molecule has 0 fully saturated rings. The zero-order valence-electron chi connectivity index (χ0n) is 13.1. The zero-order valence-corrected chi connectivity index (χ0v) is 13.1. The van der Waals surface area contributed by atoms with Gasteiger partial charge in [-0.3, -0.25) is 14.4 Å². The molecular weight excluding hydrogens is 294 g/mol. The number of fused-ring (bicyclic) bond motifs is 1. The number of nitrogens with zero attached hydrogens (tertiary/aromatic N) is 1. The van der Waals surface area contributed by atoms with Crippen molar-refractivity contribution in [2.24, 2.45) is 5.92 Å². The second-order valence-corrected chi connectivity index (χ2v) is 6.03. The number of ketones is 1. The van der Waals surface area contributed by atoms with E-state index in [0.717, 1.165) is 24.1 Å². The van der Waals surface area contributed by atoms with Gasteiger partial charge in [0.2, 0.25) is 5.91 Å². The van der Waals surface area contributed by atoms with Gasteiger partial charge in [0.15, 0.2) is 12.4 Å². The number of hydrogen-bond acceptors (Lipinski definition) is 4. The maximum absolute atomic E-state index is 12.2. The van der Waals surface area contributed by atoms with Gasteiger partial charge in [0.05, 0.1) is 12.8 Å². The van der Waals surface area contributed by atoms with Crippen molar-refractivity contribution in [3.05, 3.63) is 41.5 Å². The number of esters is 1. The first-order chi connectivity index (χ1) is 11.0. The molecule has 0 unspecified atom stereocenters. The second kappa shape index (κ2) is 6.36. The van der Waals surface area contributed by atoms with E-state index in [9.17, 15) is 14.4 Å². The van der Waals surface area contributed by atoms with Crippen LogP contribution >= 0.6 is 0 Å². The van der Waals surface area contributed by atoms with Crippen LogP contribution in [-0.2, 0) is 20.7 Å². The highest BCUT2D eigenvalue weighted by Crippen LogP contribution is 2.28. The van der Waals surface area contributed by atoms with E-state index >= 15 is 0 Å². The number of ether oxygens (including phenoxy) is 1. The topological polar surface area (TPSA) is 63.7 Å². The number of anilines is 1. The van der Waals surface area contributed by atoms with Crippen molar-refractivity contribution in [2.45, 2.75) is 25.7 Å². The van der Waals surface area contributed by atoms with E-state index in [1.807, 2.05) is 6.08 Å². The Bertz CT molecular complexity index is 692. The third-order valence-corrected chi connectivity index (χ3v) is 4.38. The molecule has 0 saturated heterocycles. The summed E-state index contributed by atoms with van der Waals surface area (Å²) in [5.41, 5.74) is 2.14. The van der Waals surface area contributed by atoms with Gasteiger partial charge in [-0.15, -0.1) is 0 Å². The van der Waals surface area contributed by atoms with Crippen molar-refractivity contribution in [2.75, 3.05) is 18.6 Å². The van der Waals surface area contributed by atoms with Crippen LogP contribution < -0.4 is 4.90 Å². The number of carbonyl (C=O) groups excluding carboxylic acids is 3. The first-order valence-electron chi connectivity index (χ1n) is 7.79. The van der Waals surface area contributed by atoms with Crippen LogP contribution in [0.25, 0.3) is 0 Å². The van der Waals surface area contributed by atoms with E-state index in [0.29, 0.717) is 18.4 Å². The summed E-state index contributed by atoms with van der Waals surface area (Å²) >= 11 is 0. The predicted molar refractivity (Wildman–Crippen MR) is 85.3 cm³/mol. The van der Waals surface area contributed by atoms with Gasteiger partial charge >= 0.3 is 5.97 Å². The first-order valence-corrected chi connectivity index (χ1v) is 7.79. The second-order valence-electron chi connectivity index (χ2n) is 6.03. The highest BCUT2D eigenvalue weighted by atomic mass is 16.5. The van der Waals surface area contributed by atoms with E-state index in [2.05, 4.69) is 6.08 Å². The summed E-state index contributed by atoms with van der Waals surface area (Å²) in [6.45, 7) is -0.252. The predicted octanol–water partition coefficient (Wildman–Crippen LogP) is 2.29. The molecule has 0 spiro atoms. The molecule has 5 nitrogen and oxygen atoms in total. The summed E-state index contributed by atoms with van der Waals surface area (Å²) in [5.74, 6) is -0.337. The first kappa shape index (κ1) is 15.5. The molecule has 0 N–H and O–H groups in total. The van der Waals surface area contributed by atoms with E-state index < -0.39 is 0 Å². The van der Waals surface area contributed by atoms with Crippen LogP contribution in [0.15, 0.2) is 30.4 Å². The standard InChI is InChI=1S/C18H19NO4/c1-19-15-7-6-13(9-14(15)10-17(19)21)16(20)11-23-18(22)8-12-4-2-3-5-12/h2,4,6-7,9,12H,3,5,8,10-11H2,1H3/t12-/m0/s1. The van der Waals surface area contributed by atoms with Crippen LogP contribution in [0.5, 0.6) is 0 Å². The summed E-state index contributed by atoms with van der Waals surface area (Å²) in [5, 5.41) is 0. The molecule has 5 heteroatoms. The number of carbonyl (C=O) groups is 3. The number of Topliss-reactive ketones (excluding diaryl/α,β-unsaturated/α-hetero) is 1. The minimum absolute atomic E-state index is 0.0145. The Balaban J connectivity index is 1.56. The lowest BCUT2D eigenvalue weighted by molar-refractivity contribution is -0.143. The van der Waals surface area contributed by atoms with Crippen molar-refractivity contribution in [1.29, 1.82) is 0 Å². The van der Waals surface area contributed by atoms with Gasteiger partial charge in [0.1, 0.15) is 0 Å². The van der Waals surface area contributed by atoms with E-state index in [1.54, 1.807) is 30.1 Å². The molecule has 1 aromatic rings. The lowest BCUT2D eigenvalue weighted by atomic mass is 10.0. The molecule has 23 heavy (non-hydrogen) atoms. The Kier molecular flexibility index (Phi) is 4.28. The number of likely N-dealkylation sites (N-methyl/N-ethyl adjacent to an activating group) is 1. The molecule has 1 aliphatic carbocycles. The van der Waals surface area contributed by atoms with Crippen molar-refractivity contribution in [1.82, 2.24) is 0 Å². The summed E-state index contributed by atoms with van der Waals surface area (Å²) in [4.78, 5) is 37.1. The van der Waals surface area contributed by atoms with Crippen LogP contribution in [-0.4, -0.2) is 31.3 Å². The van der Waals surface area contributed by atoms with Crippen LogP contribution in [0.1, 0.15) is 35.2 Å². The van der Waals surface area contributed by atoms with Gasteiger partial charge in [-0.2, -0.15) is 0 Å². The normalized spacial score (nSPS) is 19.1. The zero-order chi connectivity index (χ0) is 16.4. The van der Waals surface area contributed by atoms with Crippen molar-refractivity contribution >= 4 is 23.3 Å². The lowest BCUT2D eigenvalue weighted by Crippen LogP contribution is -2.20. The number of hydrogen-bond donors (Lipinski definition) is 0. The summed E-state index contributed by atoms with van der Waals surface area (Å²) in [6, 6.07) is 5.15. The molecule has 1 amide bonds. The summed E-state index contributed by atoms with van der Waals surface area (Å²) < 4.78 is 5.08. The molecule has 3 rings (SSSR count). The molecule has 0 bridgehead atoms. The Labute approximate surface area is 134 Å². The highest BCUT2D eigenvalue weighted by molar-refractivity contribution is 6.03. The Morgan fingerprint density at radius 2 is 2.17 bits per heavy atom. The monoisotopic (exact) mass is 313 g/mol. The van der Waals surface area contributed by atoms with Crippen LogP contribution in [0, 0.1) is 5.92 Å². The van der Waals surface area contributed by atoms with Crippen LogP contribution in [0.3, 0.4) is 0 Å². The minimum atomic E-state index is -0.342. The third kappa shape index (κ3) is 3.33. The largest absolute Gasteiger partial charge is 0.457 e. The fraction of sp³-hybridized carbons (Fsp3) is 0.389. The lowest BCUT2D eigenvalue weighted by Gasteiger charge is -2.11. The van der Waals surface area contributed by atoms with Gasteiger partial charge < -0.3 is 9.64 Å². The van der Waals surface area contributed by atoms with Gasteiger partial charge in [-0.25, -0.2) is 0 Å². The number of benzene rings is 1. The van der Waals surface area contributed by atoms with E-state index in [-0.39, 0.29) is 30.2 Å². The fourth-order valence-electron chi connectivity index (χ4n) is 3.01. The molecule has 1 aliphatic heterocycles. The van der Waals surface area contributed by atoms with Crippen LogP contribution in [0.4, 0.5) is 5.69 Å². The Hall–Kier alpha value is -2.43. The molecule has 1 atom stereocenters. The molecule has 0 saturated carbocycles. The quantitative estimate of drug-likeness (QED) is 0.475. The Morgan fingerprint density at radius 1 is 1.35 bits per heavy atom. The molecular formula is C18H19NO4. The fourth-order valence-corrected chi connectivity index (χ4v) is 3.01. The van der Waals surface area contributed by atoms with Gasteiger partial charge in [0, 0.05) is 18.3 Å². The van der Waals surface area contributed by atoms with Gasteiger partial charge in [-0.05, 0) is 42.5 Å². The average molecular weight is 313 g/mol. The minimum Gasteiger partial charge on any atom is -0.457 e. The molecule has 120 valence electrons. The van der Waals surface area contributed by atoms with E-state index in [1.165, 1.54) is 0 Å². The molecule has 0 radical (unpaired) electrons. The van der Waals surface area contributed by atoms with E-state index in [4.69, 9.17) is 4.74 Å². The molecule has 2 aliphatic rings. The molecule has 1 aromatic carbocycles. The maximum atomic E-state index is 12.2. The van der Waals surface area contributed by atoms with Gasteiger partial charge in [0.25, 0.3) is 0 Å². The van der Waals surface area contributed by atoms with Crippen LogP contribution in [0.2, 0.25) is 0 Å². The number of allylic oxidation sites excluding steroid dienone is 2. The summed E-state index contributed by atoms with van der Waals surface area (Å²) in [7, 11) is 1.72. The smallest absolute Gasteiger partial charge is 0.306 e. The van der Waals surface area contributed by atoms with Gasteiger partial charge in [-0.1, -0.05) is 12.2 Å². The molecule has 1 heterocycles. The average Bonchev–Trinajstić information content (AvgIpc) is 3.13. The van der Waals surface area contributed by atoms with Crippen molar-refractivity contribution in [3.8, 4) is 0 Å². The number of amides is 1. The SMILES string of the molecule is CN1C(=O)Cc2cc(C(=O)COC(=O)C[C@H]3C=CCC3)ccc21. The Morgan fingerprint density at radius 3 is 2.91 bits per heavy atom.